The maximum atomic E-state index is 2.33. The molecule has 0 heteroatoms. The van der Waals surface area contributed by atoms with Gasteiger partial charge in [-0.3, -0.25) is 0 Å². The van der Waals surface area contributed by atoms with Crippen LogP contribution in [0.25, 0.3) is 54.2 Å². The predicted octanol–water partition coefficient (Wildman–Crippen LogP) is 10.8. The molecule has 1 aliphatic carbocycles. The summed E-state index contributed by atoms with van der Waals surface area (Å²) in [4.78, 5) is 0. The summed E-state index contributed by atoms with van der Waals surface area (Å²) in [5, 5.41) is 10.9. The highest BCUT2D eigenvalue weighted by Crippen LogP contribution is 2.41. The third-order valence-electron chi connectivity index (χ3n) is 8.63. The van der Waals surface area contributed by atoms with Gasteiger partial charge in [0.05, 0.1) is 0 Å². The zero-order chi connectivity index (χ0) is 26.7. The maximum Gasteiger partial charge on any atom is -0.000719 e. The van der Waals surface area contributed by atoms with Crippen molar-refractivity contribution in [2.75, 3.05) is 0 Å². The van der Waals surface area contributed by atoms with Crippen molar-refractivity contribution in [3.8, 4) is 11.1 Å². The molecule has 188 valence electrons. The molecule has 0 aliphatic heterocycles. The largest absolute Gasteiger partial charge is 0.0616 e. The standard InChI is InChI=1S/C20H16.C19H16/c1-13-17-9-5-6-10-18(17)14(2)20-12-16-8-4-3-7-15(16)11-19(13)20;1-12-3-6-16-14(9-12)5-8-18-17-7-4-13(2)10-15(17)11-19(16)18/h3-12H,1-2H3;3-10H,11H2,1-2H3. The molecule has 0 N–H and O–H groups in total. The summed E-state index contributed by atoms with van der Waals surface area (Å²) < 4.78 is 0. The second kappa shape index (κ2) is 9.10. The van der Waals surface area contributed by atoms with Gasteiger partial charge >= 0.3 is 0 Å². The van der Waals surface area contributed by atoms with Gasteiger partial charge in [-0.2, -0.15) is 0 Å². The van der Waals surface area contributed by atoms with E-state index in [1.54, 1.807) is 0 Å². The average molecular weight is 501 g/mol. The predicted molar refractivity (Wildman–Crippen MR) is 170 cm³/mol. The highest BCUT2D eigenvalue weighted by molar-refractivity contribution is 6.10. The monoisotopic (exact) mass is 500 g/mol. The zero-order valence-corrected chi connectivity index (χ0v) is 23.1. The van der Waals surface area contributed by atoms with Crippen molar-refractivity contribution in [2.45, 2.75) is 34.1 Å². The molecule has 0 saturated carbocycles. The fourth-order valence-corrected chi connectivity index (χ4v) is 6.57. The Hall–Kier alpha value is -4.42. The maximum absolute atomic E-state index is 2.33. The van der Waals surface area contributed by atoms with Crippen molar-refractivity contribution in [3.05, 3.63) is 143 Å². The Labute approximate surface area is 230 Å². The van der Waals surface area contributed by atoms with E-state index in [0.717, 1.165) is 6.42 Å². The van der Waals surface area contributed by atoms with E-state index in [4.69, 9.17) is 0 Å². The Morgan fingerprint density at radius 3 is 1.64 bits per heavy atom. The van der Waals surface area contributed by atoms with Crippen LogP contribution in [0.15, 0.2) is 109 Å². The smallest absolute Gasteiger partial charge is 0.000719 e. The average Bonchev–Trinajstić information content (AvgIpc) is 3.33. The van der Waals surface area contributed by atoms with Crippen molar-refractivity contribution < 1.29 is 0 Å². The third-order valence-corrected chi connectivity index (χ3v) is 8.63. The quantitative estimate of drug-likeness (QED) is 0.182. The minimum atomic E-state index is 1.08. The van der Waals surface area contributed by atoms with E-state index in [0.29, 0.717) is 0 Å². The van der Waals surface area contributed by atoms with E-state index < -0.39 is 0 Å². The third kappa shape index (κ3) is 3.91. The molecule has 0 unspecified atom stereocenters. The number of rotatable bonds is 0. The normalized spacial score (nSPS) is 12.0. The van der Waals surface area contributed by atoms with Crippen LogP contribution >= 0.6 is 0 Å². The highest BCUT2D eigenvalue weighted by Gasteiger charge is 2.20. The molecule has 0 bridgehead atoms. The Morgan fingerprint density at radius 1 is 0.410 bits per heavy atom. The molecule has 0 radical (unpaired) electrons. The molecule has 0 atom stereocenters. The van der Waals surface area contributed by atoms with Gasteiger partial charge in [-0.15, -0.1) is 0 Å². The molecule has 0 nitrogen and oxygen atoms in total. The van der Waals surface area contributed by atoms with Crippen LogP contribution in [-0.2, 0) is 6.42 Å². The second-order valence-electron chi connectivity index (χ2n) is 11.2. The van der Waals surface area contributed by atoms with Gasteiger partial charge in [-0.05, 0) is 123 Å². The second-order valence-corrected chi connectivity index (χ2v) is 11.2. The molecule has 0 amide bonds. The first kappa shape index (κ1) is 23.7. The van der Waals surface area contributed by atoms with Crippen molar-refractivity contribution in [1.29, 1.82) is 0 Å². The molecule has 8 rings (SSSR count). The minimum absolute atomic E-state index is 1.08. The van der Waals surface area contributed by atoms with Gasteiger partial charge in [0, 0.05) is 0 Å². The Kier molecular flexibility index (Phi) is 5.53. The van der Waals surface area contributed by atoms with Gasteiger partial charge in [-0.1, -0.05) is 108 Å². The van der Waals surface area contributed by atoms with E-state index in [-0.39, 0.29) is 0 Å². The van der Waals surface area contributed by atoms with Gasteiger partial charge in [-0.25, -0.2) is 0 Å². The van der Waals surface area contributed by atoms with Crippen LogP contribution in [0.2, 0.25) is 0 Å². The van der Waals surface area contributed by atoms with Crippen molar-refractivity contribution in [3.63, 3.8) is 0 Å². The Morgan fingerprint density at radius 2 is 0.974 bits per heavy atom. The molecule has 0 heterocycles. The van der Waals surface area contributed by atoms with Gasteiger partial charge in [0.2, 0.25) is 0 Å². The molecule has 0 spiro atoms. The topological polar surface area (TPSA) is 0 Å². The van der Waals surface area contributed by atoms with Crippen LogP contribution in [0.4, 0.5) is 0 Å². The van der Waals surface area contributed by atoms with E-state index >= 15 is 0 Å². The lowest BCUT2D eigenvalue weighted by Gasteiger charge is -2.13. The number of aryl methyl sites for hydroxylation is 4. The molecular weight excluding hydrogens is 468 g/mol. The Balaban J connectivity index is 0.000000130. The first-order valence-corrected chi connectivity index (χ1v) is 13.9. The summed E-state index contributed by atoms with van der Waals surface area (Å²) in [5.41, 5.74) is 11.3. The molecule has 7 aromatic carbocycles. The molecule has 0 fully saturated rings. The Bertz CT molecular complexity index is 1990. The van der Waals surface area contributed by atoms with Gasteiger partial charge in [0.25, 0.3) is 0 Å². The summed E-state index contributed by atoms with van der Waals surface area (Å²) >= 11 is 0. The van der Waals surface area contributed by atoms with E-state index in [1.807, 2.05) is 0 Å². The van der Waals surface area contributed by atoms with Crippen LogP contribution < -0.4 is 0 Å². The fourth-order valence-electron chi connectivity index (χ4n) is 6.57. The lowest BCUT2D eigenvalue weighted by atomic mass is 9.91. The minimum Gasteiger partial charge on any atom is -0.0616 e. The fraction of sp³-hybridized carbons (Fsp3) is 0.128. The first-order chi connectivity index (χ1) is 19.0. The number of hydrogen-bond donors (Lipinski definition) is 0. The summed E-state index contributed by atoms with van der Waals surface area (Å²) in [6.45, 7) is 8.80. The SMILES string of the molecule is Cc1c2ccccc2c(C)c2cc3ccccc3cc12.Cc1ccc2c(c1)Cc1c-2ccc2cc(C)ccc12. The number of benzene rings is 7. The van der Waals surface area contributed by atoms with E-state index in [9.17, 15) is 0 Å². The molecule has 1 aliphatic rings. The van der Waals surface area contributed by atoms with Crippen LogP contribution in [0, 0.1) is 27.7 Å². The van der Waals surface area contributed by atoms with Gasteiger partial charge in [0.1, 0.15) is 0 Å². The van der Waals surface area contributed by atoms with Crippen molar-refractivity contribution in [2.24, 2.45) is 0 Å². The molecule has 0 saturated heterocycles. The molecule has 7 aromatic rings. The summed E-state index contributed by atoms with van der Waals surface area (Å²) in [5.74, 6) is 0. The van der Waals surface area contributed by atoms with Gasteiger partial charge < -0.3 is 0 Å². The highest BCUT2D eigenvalue weighted by atomic mass is 14.2. The zero-order valence-electron chi connectivity index (χ0n) is 23.1. The summed E-state index contributed by atoms with van der Waals surface area (Å²) in [7, 11) is 0. The van der Waals surface area contributed by atoms with Gasteiger partial charge in [0.15, 0.2) is 0 Å². The lowest BCUT2D eigenvalue weighted by molar-refractivity contribution is 1.26. The van der Waals surface area contributed by atoms with Crippen LogP contribution in [0.3, 0.4) is 0 Å². The van der Waals surface area contributed by atoms with Crippen LogP contribution in [-0.4, -0.2) is 0 Å². The van der Waals surface area contributed by atoms with E-state index in [1.165, 1.54) is 87.6 Å². The first-order valence-electron chi connectivity index (χ1n) is 13.9. The summed E-state index contributed by atoms with van der Waals surface area (Å²) in [6, 6.07) is 40.1. The number of hydrogen-bond acceptors (Lipinski definition) is 0. The lowest BCUT2D eigenvalue weighted by Crippen LogP contribution is -1.88. The molecule has 0 aromatic heterocycles. The van der Waals surface area contributed by atoms with Crippen molar-refractivity contribution >= 4 is 43.1 Å². The number of fused-ring (bicyclic) bond motifs is 8. The van der Waals surface area contributed by atoms with Crippen LogP contribution in [0.1, 0.15) is 33.4 Å². The van der Waals surface area contributed by atoms with Crippen LogP contribution in [0.5, 0.6) is 0 Å². The van der Waals surface area contributed by atoms with E-state index in [2.05, 4.69) is 137 Å². The summed E-state index contributed by atoms with van der Waals surface area (Å²) in [6.07, 6.45) is 1.08. The molecule has 39 heavy (non-hydrogen) atoms. The molecular formula is C39H32. The van der Waals surface area contributed by atoms with Crippen molar-refractivity contribution in [1.82, 2.24) is 0 Å².